The fraction of sp³-hybridized carbons (Fsp3) is 0.333. The molecule has 0 saturated carbocycles. The summed E-state index contributed by atoms with van der Waals surface area (Å²) in [6, 6.07) is 5.49. The maximum absolute atomic E-state index is 11.5. The highest BCUT2D eigenvalue weighted by molar-refractivity contribution is 5.90. The normalized spacial score (nSPS) is 10.4. The molecular weight excluding hydrogens is 254 g/mol. The van der Waals surface area contributed by atoms with Crippen molar-refractivity contribution < 1.29 is 9.53 Å². The Morgan fingerprint density at radius 1 is 1.40 bits per heavy atom. The SMILES string of the molecule is COC(=O)c1ccc(C)c(NCc2cn(C)nc2C)c1. The molecule has 20 heavy (non-hydrogen) atoms. The fourth-order valence-electron chi connectivity index (χ4n) is 2.07. The van der Waals surface area contributed by atoms with E-state index in [1.54, 1.807) is 10.7 Å². The average Bonchev–Trinajstić information content (AvgIpc) is 2.75. The topological polar surface area (TPSA) is 56.1 Å². The van der Waals surface area contributed by atoms with Crippen LogP contribution in [-0.4, -0.2) is 22.9 Å². The second-order valence-electron chi connectivity index (χ2n) is 4.79. The van der Waals surface area contributed by atoms with E-state index < -0.39 is 0 Å². The predicted molar refractivity (Wildman–Crippen MR) is 77.8 cm³/mol. The molecule has 106 valence electrons. The molecule has 1 heterocycles. The van der Waals surface area contributed by atoms with Crippen LogP contribution < -0.4 is 5.32 Å². The molecule has 5 heteroatoms. The monoisotopic (exact) mass is 273 g/mol. The van der Waals surface area contributed by atoms with Gasteiger partial charge in [-0.15, -0.1) is 0 Å². The van der Waals surface area contributed by atoms with Gasteiger partial charge >= 0.3 is 5.97 Å². The van der Waals surface area contributed by atoms with Crippen LogP contribution in [0.5, 0.6) is 0 Å². The first-order valence-electron chi connectivity index (χ1n) is 6.43. The van der Waals surface area contributed by atoms with Crippen LogP contribution in [0, 0.1) is 13.8 Å². The fourth-order valence-corrected chi connectivity index (χ4v) is 2.07. The lowest BCUT2D eigenvalue weighted by Gasteiger charge is -2.10. The van der Waals surface area contributed by atoms with Gasteiger partial charge in [0.15, 0.2) is 0 Å². The van der Waals surface area contributed by atoms with Gasteiger partial charge in [0, 0.05) is 31.0 Å². The largest absolute Gasteiger partial charge is 0.465 e. The van der Waals surface area contributed by atoms with Gasteiger partial charge in [0.2, 0.25) is 0 Å². The average molecular weight is 273 g/mol. The van der Waals surface area contributed by atoms with Crippen molar-refractivity contribution in [3.63, 3.8) is 0 Å². The van der Waals surface area contributed by atoms with E-state index in [1.165, 1.54) is 7.11 Å². The van der Waals surface area contributed by atoms with E-state index in [9.17, 15) is 4.79 Å². The van der Waals surface area contributed by atoms with Crippen molar-refractivity contribution in [2.75, 3.05) is 12.4 Å². The number of hydrogen-bond acceptors (Lipinski definition) is 4. The van der Waals surface area contributed by atoms with E-state index >= 15 is 0 Å². The highest BCUT2D eigenvalue weighted by Gasteiger charge is 2.09. The van der Waals surface area contributed by atoms with Crippen LogP contribution in [0.2, 0.25) is 0 Å². The predicted octanol–water partition coefficient (Wildman–Crippen LogP) is 2.44. The number of rotatable bonds is 4. The van der Waals surface area contributed by atoms with Gasteiger partial charge in [0.1, 0.15) is 0 Å². The smallest absolute Gasteiger partial charge is 0.337 e. The summed E-state index contributed by atoms with van der Waals surface area (Å²) in [6.45, 7) is 4.65. The van der Waals surface area contributed by atoms with E-state index in [0.29, 0.717) is 12.1 Å². The first-order chi connectivity index (χ1) is 9.51. The number of carbonyl (C=O) groups is 1. The Bertz CT molecular complexity index is 632. The maximum atomic E-state index is 11.5. The van der Waals surface area contributed by atoms with Gasteiger partial charge in [-0.05, 0) is 31.5 Å². The Labute approximate surface area is 118 Å². The lowest BCUT2D eigenvalue weighted by Crippen LogP contribution is -2.05. The van der Waals surface area contributed by atoms with E-state index in [1.807, 2.05) is 39.2 Å². The number of esters is 1. The molecule has 0 fully saturated rings. The molecular formula is C15H19N3O2. The molecule has 0 bridgehead atoms. The number of aromatic nitrogens is 2. The van der Waals surface area contributed by atoms with Crippen molar-refractivity contribution in [1.29, 1.82) is 0 Å². The zero-order valence-electron chi connectivity index (χ0n) is 12.2. The number of nitrogens with one attached hydrogen (secondary N) is 1. The highest BCUT2D eigenvalue weighted by atomic mass is 16.5. The van der Waals surface area contributed by atoms with Crippen molar-refractivity contribution in [2.45, 2.75) is 20.4 Å². The van der Waals surface area contributed by atoms with Crippen LogP contribution in [0.15, 0.2) is 24.4 Å². The van der Waals surface area contributed by atoms with Gasteiger partial charge in [-0.1, -0.05) is 6.07 Å². The summed E-state index contributed by atoms with van der Waals surface area (Å²) in [5.74, 6) is -0.328. The number of anilines is 1. The van der Waals surface area contributed by atoms with Crippen LogP contribution in [0.3, 0.4) is 0 Å². The molecule has 0 saturated heterocycles. The van der Waals surface area contributed by atoms with E-state index in [-0.39, 0.29) is 5.97 Å². The van der Waals surface area contributed by atoms with Crippen LogP contribution in [0.1, 0.15) is 27.2 Å². The zero-order chi connectivity index (χ0) is 14.7. The van der Waals surface area contributed by atoms with Gasteiger partial charge < -0.3 is 10.1 Å². The minimum absolute atomic E-state index is 0.328. The molecule has 0 radical (unpaired) electrons. The number of methoxy groups -OCH3 is 1. The van der Waals surface area contributed by atoms with Crippen molar-refractivity contribution in [3.05, 3.63) is 46.8 Å². The molecule has 1 N–H and O–H groups in total. The molecule has 0 aliphatic heterocycles. The summed E-state index contributed by atoms with van der Waals surface area (Å²) < 4.78 is 6.53. The zero-order valence-corrected chi connectivity index (χ0v) is 12.2. The summed E-state index contributed by atoms with van der Waals surface area (Å²) in [7, 11) is 3.29. The Morgan fingerprint density at radius 3 is 2.75 bits per heavy atom. The van der Waals surface area contributed by atoms with Crippen molar-refractivity contribution in [1.82, 2.24) is 9.78 Å². The van der Waals surface area contributed by atoms with Gasteiger partial charge in [-0.3, -0.25) is 4.68 Å². The van der Waals surface area contributed by atoms with E-state index in [4.69, 9.17) is 4.74 Å². The summed E-state index contributed by atoms with van der Waals surface area (Å²) in [6.07, 6.45) is 1.99. The van der Waals surface area contributed by atoms with Gasteiger partial charge in [-0.25, -0.2) is 4.79 Å². The van der Waals surface area contributed by atoms with Crippen LogP contribution in [0.4, 0.5) is 5.69 Å². The van der Waals surface area contributed by atoms with Gasteiger partial charge in [0.05, 0.1) is 18.4 Å². The van der Waals surface area contributed by atoms with Crippen LogP contribution in [-0.2, 0) is 18.3 Å². The highest BCUT2D eigenvalue weighted by Crippen LogP contribution is 2.19. The third-order valence-corrected chi connectivity index (χ3v) is 3.24. The maximum Gasteiger partial charge on any atom is 0.337 e. The van der Waals surface area contributed by atoms with E-state index in [2.05, 4.69) is 10.4 Å². The lowest BCUT2D eigenvalue weighted by molar-refractivity contribution is 0.0601. The molecule has 0 unspecified atom stereocenters. The quantitative estimate of drug-likeness (QED) is 0.869. The number of nitrogens with zero attached hydrogens (tertiary/aromatic N) is 2. The minimum Gasteiger partial charge on any atom is -0.465 e. The molecule has 5 nitrogen and oxygen atoms in total. The number of benzene rings is 1. The third kappa shape index (κ3) is 2.99. The molecule has 0 amide bonds. The van der Waals surface area contributed by atoms with Crippen molar-refractivity contribution in [3.8, 4) is 0 Å². The number of carbonyl (C=O) groups excluding carboxylic acids is 1. The summed E-state index contributed by atoms with van der Waals surface area (Å²) >= 11 is 0. The standard InChI is InChI=1S/C15H19N3O2/c1-10-5-6-12(15(19)20-4)7-14(10)16-8-13-9-18(3)17-11(13)2/h5-7,9,16H,8H2,1-4H3. The molecule has 2 aromatic rings. The van der Waals surface area contributed by atoms with E-state index in [0.717, 1.165) is 22.5 Å². The third-order valence-electron chi connectivity index (χ3n) is 3.24. The summed E-state index contributed by atoms with van der Waals surface area (Å²) in [5, 5.41) is 7.65. The summed E-state index contributed by atoms with van der Waals surface area (Å²) in [4.78, 5) is 11.5. The van der Waals surface area contributed by atoms with Gasteiger partial charge in [-0.2, -0.15) is 5.10 Å². The summed E-state index contributed by atoms with van der Waals surface area (Å²) in [5.41, 5.74) is 4.69. The number of aryl methyl sites for hydroxylation is 3. The molecule has 0 spiro atoms. The lowest BCUT2D eigenvalue weighted by atomic mass is 10.1. The minimum atomic E-state index is -0.328. The Hall–Kier alpha value is -2.30. The molecule has 0 aliphatic rings. The van der Waals surface area contributed by atoms with Crippen LogP contribution >= 0.6 is 0 Å². The first-order valence-corrected chi connectivity index (χ1v) is 6.43. The second kappa shape index (κ2) is 5.77. The van der Waals surface area contributed by atoms with Crippen molar-refractivity contribution >= 4 is 11.7 Å². The molecule has 0 aliphatic carbocycles. The Kier molecular flexibility index (Phi) is 4.08. The first kappa shape index (κ1) is 14.1. The molecule has 1 aromatic carbocycles. The number of hydrogen-bond donors (Lipinski definition) is 1. The Morgan fingerprint density at radius 2 is 2.15 bits per heavy atom. The second-order valence-corrected chi connectivity index (χ2v) is 4.79. The Balaban J connectivity index is 2.16. The molecule has 0 atom stereocenters. The molecule has 1 aromatic heterocycles. The van der Waals surface area contributed by atoms with Crippen molar-refractivity contribution in [2.24, 2.45) is 7.05 Å². The van der Waals surface area contributed by atoms with Gasteiger partial charge in [0.25, 0.3) is 0 Å². The molecule has 2 rings (SSSR count). The number of ether oxygens (including phenoxy) is 1. The van der Waals surface area contributed by atoms with Crippen LogP contribution in [0.25, 0.3) is 0 Å².